The number of hydrogen-bond donors (Lipinski definition) is 1. The van der Waals surface area contributed by atoms with E-state index in [0.717, 1.165) is 12.1 Å². The van der Waals surface area contributed by atoms with Crippen LogP contribution in [0.3, 0.4) is 0 Å². The van der Waals surface area contributed by atoms with Crippen molar-refractivity contribution in [2.24, 2.45) is 0 Å². The zero-order chi connectivity index (χ0) is 12.6. The van der Waals surface area contributed by atoms with Gasteiger partial charge in [0.15, 0.2) is 0 Å². The second kappa shape index (κ2) is 8.16. The molecular weight excluding hydrogens is 220 g/mol. The lowest BCUT2D eigenvalue weighted by molar-refractivity contribution is 0.298. The van der Waals surface area contributed by atoms with Gasteiger partial charge in [0.05, 0.1) is 0 Å². The fourth-order valence-corrected chi connectivity index (χ4v) is 3.69. The van der Waals surface area contributed by atoms with Gasteiger partial charge in [0.25, 0.3) is 0 Å². The predicted octanol–water partition coefficient (Wildman–Crippen LogP) is 3.56. The van der Waals surface area contributed by atoms with Crippen LogP contribution in [0, 0.1) is 0 Å². The molecule has 0 aromatic rings. The lowest BCUT2D eigenvalue weighted by Gasteiger charge is -2.21. The molecule has 2 aliphatic heterocycles. The first kappa shape index (κ1) is 14.3. The van der Waals surface area contributed by atoms with Gasteiger partial charge in [-0.05, 0) is 38.8 Å². The number of nitrogens with one attached hydrogen (secondary N) is 1. The monoisotopic (exact) mass is 252 g/mol. The van der Waals surface area contributed by atoms with Crippen LogP contribution in [-0.2, 0) is 0 Å². The van der Waals surface area contributed by atoms with E-state index in [1.807, 2.05) is 0 Å². The summed E-state index contributed by atoms with van der Waals surface area (Å²) < 4.78 is 0. The Balaban J connectivity index is 1.44. The first-order valence-electron chi connectivity index (χ1n) is 8.39. The number of rotatable bonds is 9. The normalized spacial score (nSPS) is 27.8. The van der Waals surface area contributed by atoms with Gasteiger partial charge in [-0.15, -0.1) is 0 Å². The van der Waals surface area contributed by atoms with Crippen LogP contribution < -0.4 is 5.32 Å². The maximum absolute atomic E-state index is 3.81. The Bertz CT molecular complexity index is 217. The second-order valence-electron chi connectivity index (χ2n) is 6.22. The molecule has 0 bridgehead atoms. The van der Waals surface area contributed by atoms with Crippen molar-refractivity contribution < 1.29 is 0 Å². The van der Waals surface area contributed by atoms with Crippen molar-refractivity contribution >= 4 is 0 Å². The van der Waals surface area contributed by atoms with Crippen LogP contribution in [0.2, 0.25) is 0 Å². The molecule has 0 saturated carbocycles. The van der Waals surface area contributed by atoms with Crippen LogP contribution in [0.25, 0.3) is 0 Å². The first-order valence-corrected chi connectivity index (χ1v) is 8.39. The van der Waals surface area contributed by atoms with Crippen LogP contribution in [0.5, 0.6) is 0 Å². The Morgan fingerprint density at radius 1 is 0.944 bits per heavy atom. The Morgan fingerprint density at radius 2 is 1.72 bits per heavy atom. The molecule has 0 aromatic heterocycles. The van der Waals surface area contributed by atoms with E-state index in [1.54, 1.807) is 0 Å². The van der Waals surface area contributed by atoms with Crippen molar-refractivity contribution in [1.29, 1.82) is 0 Å². The van der Waals surface area contributed by atoms with E-state index in [1.165, 1.54) is 83.8 Å². The van der Waals surface area contributed by atoms with E-state index in [0.29, 0.717) is 0 Å². The van der Waals surface area contributed by atoms with E-state index in [9.17, 15) is 0 Å². The molecule has 2 nitrogen and oxygen atoms in total. The lowest BCUT2D eigenvalue weighted by atomic mass is 10.1. The summed E-state index contributed by atoms with van der Waals surface area (Å²) in [5.41, 5.74) is 0. The Hall–Kier alpha value is -0.0800. The quantitative estimate of drug-likeness (QED) is 0.631. The summed E-state index contributed by atoms with van der Waals surface area (Å²) in [6.07, 6.45) is 14.2. The second-order valence-corrected chi connectivity index (χ2v) is 6.22. The molecular formula is C16H32N2. The van der Waals surface area contributed by atoms with E-state index in [4.69, 9.17) is 0 Å². The molecule has 106 valence electrons. The molecule has 2 saturated heterocycles. The zero-order valence-corrected chi connectivity index (χ0v) is 12.3. The van der Waals surface area contributed by atoms with Gasteiger partial charge in [0, 0.05) is 18.6 Å². The predicted molar refractivity (Wildman–Crippen MR) is 79.0 cm³/mol. The van der Waals surface area contributed by atoms with Crippen LogP contribution in [0.1, 0.15) is 71.1 Å². The van der Waals surface area contributed by atoms with Crippen LogP contribution in [0.15, 0.2) is 0 Å². The molecule has 2 heterocycles. The first-order chi connectivity index (χ1) is 8.92. The third-order valence-corrected chi connectivity index (χ3v) is 4.79. The molecule has 0 spiro atoms. The summed E-state index contributed by atoms with van der Waals surface area (Å²) in [5, 5.41) is 3.81. The molecule has 2 aliphatic rings. The molecule has 2 atom stereocenters. The van der Waals surface area contributed by atoms with E-state index in [2.05, 4.69) is 17.1 Å². The SMILES string of the molecule is CCCCCCCCCNC1CCN2CCCC12. The van der Waals surface area contributed by atoms with Crippen LogP contribution in [-0.4, -0.2) is 36.6 Å². The van der Waals surface area contributed by atoms with Gasteiger partial charge in [-0.1, -0.05) is 45.4 Å². The standard InChI is InChI=1S/C16H32N2/c1-2-3-4-5-6-7-8-12-17-15-11-14-18-13-9-10-16(15)18/h15-17H,2-14H2,1H3. The third kappa shape index (κ3) is 4.24. The topological polar surface area (TPSA) is 15.3 Å². The van der Waals surface area contributed by atoms with E-state index in [-0.39, 0.29) is 0 Å². The summed E-state index contributed by atoms with van der Waals surface area (Å²) in [6.45, 7) is 6.25. The van der Waals surface area contributed by atoms with Crippen molar-refractivity contribution in [2.45, 2.75) is 83.2 Å². The van der Waals surface area contributed by atoms with Gasteiger partial charge < -0.3 is 5.32 Å². The maximum atomic E-state index is 3.81. The van der Waals surface area contributed by atoms with Gasteiger partial charge in [-0.3, -0.25) is 4.90 Å². The summed E-state index contributed by atoms with van der Waals surface area (Å²) in [6, 6.07) is 1.70. The Morgan fingerprint density at radius 3 is 2.56 bits per heavy atom. The summed E-state index contributed by atoms with van der Waals surface area (Å²) >= 11 is 0. The highest BCUT2D eigenvalue weighted by Gasteiger charge is 2.36. The maximum Gasteiger partial charge on any atom is 0.0250 e. The highest BCUT2D eigenvalue weighted by Crippen LogP contribution is 2.27. The molecule has 2 unspecified atom stereocenters. The number of fused-ring (bicyclic) bond motifs is 1. The highest BCUT2D eigenvalue weighted by atomic mass is 15.2. The molecule has 0 aromatic carbocycles. The molecule has 0 amide bonds. The number of unbranched alkanes of at least 4 members (excludes halogenated alkanes) is 6. The average Bonchev–Trinajstić information content (AvgIpc) is 2.96. The Labute approximate surface area is 114 Å². The molecule has 2 fully saturated rings. The van der Waals surface area contributed by atoms with Crippen molar-refractivity contribution in [1.82, 2.24) is 10.2 Å². The summed E-state index contributed by atoms with van der Waals surface area (Å²) in [4.78, 5) is 2.70. The smallest absolute Gasteiger partial charge is 0.0250 e. The van der Waals surface area contributed by atoms with E-state index < -0.39 is 0 Å². The molecule has 2 rings (SSSR count). The van der Waals surface area contributed by atoms with Gasteiger partial charge >= 0.3 is 0 Å². The van der Waals surface area contributed by atoms with Crippen LogP contribution in [0.4, 0.5) is 0 Å². The fraction of sp³-hybridized carbons (Fsp3) is 1.00. The fourth-order valence-electron chi connectivity index (χ4n) is 3.69. The number of nitrogens with zero attached hydrogens (tertiary/aromatic N) is 1. The minimum atomic E-state index is 0.813. The van der Waals surface area contributed by atoms with Gasteiger partial charge in [0.2, 0.25) is 0 Å². The van der Waals surface area contributed by atoms with Crippen molar-refractivity contribution in [3.63, 3.8) is 0 Å². The molecule has 2 heteroatoms. The summed E-state index contributed by atoms with van der Waals surface area (Å²) in [5.74, 6) is 0. The molecule has 0 aliphatic carbocycles. The van der Waals surface area contributed by atoms with Gasteiger partial charge in [-0.25, -0.2) is 0 Å². The molecule has 0 radical (unpaired) electrons. The highest BCUT2D eigenvalue weighted by molar-refractivity contribution is 4.95. The minimum Gasteiger partial charge on any atom is -0.312 e. The van der Waals surface area contributed by atoms with Crippen molar-refractivity contribution in [3.05, 3.63) is 0 Å². The van der Waals surface area contributed by atoms with Crippen molar-refractivity contribution in [2.75, 3.05) is 19.6 Å². The van der Waals surface area contributed by atoms with E-state index >= 15 is 0 Å². The zero-order valence-electron chi connectivity index (χ0n) is 12.3. The Kier molecular flexibility index (Phi) is 6.50. The largest absolute Gasteiger partial charge is 0.312 e. The molecule has 1 N–H and O–H groups in total. The van der Waals surface area contributed by atoms with Crippen LogP contribution >= 0.6 is 0 Å². The third-order valence-electron chi connectivity index (χ3n) is 4.79. The lowest BCUT2D eigenvalue weighted by Crippen LogP contribution is -2.39. The number of hydrogen-bond acceptors (Lipinski definition) is 2. The van der Waals surface area contributed by atoms with Gasteiger partial charge in [-0.2, -0.15) is 0 Å². The summed E-state index contributed by atoms with van der Waals surface area (Å²) in [7, 11) is 0. The van der Waals surface area contributed by atoms with Crippen molar-refractivity contribution in [3.8, 4) is 0 Å². The molecule has 18 heavy (non-hydrogen) atoms. The average molecular weight is 252 g/mol. The minimum absolute atomic E-state index is 0.813. The van der Waals surface area contributed by atoms with Gasteiger partial charge in [0.1, 0.15) is 0 Å².